The summed E-state index contributed by atoms with van der Waals surface area (Å²) >= 11 is 5.82. The molecular formula is C14H8ClN3O8S2. The highest BCUT2D eigenvalue weighted by molar-refractivity contribution is 7.89. The SMILES string of the molecule is NS(=O)(=O)c1cc(Cl)c(S(N)(=O)=O)c2c1C(=O)c1cccc([N+](=O)[O-])c1C2=O. The highest BCUT2D eigenvalue weighted by Crippen LogP contribution is 2.40. The Balaban J connectivity index is 2.61. The average molecular weight is 446 g/mol. The van der Waals surface area contributed by atoms with E-state index < -0.39 is 79.3 Å². The summed E-state index contributed by atoms with van der Waals surface area (Å²) in [5, 5.41) is 20.6. The largest absolute Gasteiger partial charge is 0.289 e. The molecule has 3 rings (SSSR count). The topological polar surface area (TPSA) is 198 Å². The Morgan fingerprint density at radius 1 is 0.929 bits per heavy atom. The number of primary sulfonamides is 2. The zero-order chi connectivity index (χ0) is 21.2. The van der Waals surface area contributed by atoms with Crippen molar-refractivity contribution in [3.63, 3.8) is 0 Å². The normalized spacial score (nSPS) is 13.8. The molecule has 14 heteroatoms. The fraction of sp³-hybridized carbons (Fsp3) is 0. The molecule has 0 amide bonds. The number of benzene rings is 2. The summed E-state index contributed by atoms with van der Waals surface area (Å²) in [5.74, 6) is -2.45. The van der Waals surface area contributed by atoms with Crippen LogP contribution in [0.4, 0.5) is 5.69 Å². The number of hydrogen-bond donors (Lipinski definition) is 2. The van der Waals surface area contributed by atoms with Crippen LogP contribution < -0.4 is 10.3 Å². The molecule has 0 spiro atoms. The molecule has 0 bridgehead atoms. The number of hydrogen-bond acceptors (Lipinski definition) is 8. The van der Waals surface area contributed by atoms with Gasteiger partial charge < -0.3 is 0 Å². The Morgan fingerprint density at radius 2 is 1.54 bits per heavy atom. The monoisotopic (exact) mass is 445 g/mol. The number of sulfonamides is 2. The van der Waals surface area contributed by atoms with Gasteiger partial charge in [-0.25, -0.2) is 27.1 Å². The average Bonchev–Trinajstić information content (AvgIpc) is 2.55. The second-order valence-corrected chi connectivity index (χ2v) is 9.08. The van der Waals surface area contributed by atoms with Crippen LogP contribution in [-0.2, 0) is 20.0 Å². The van der Waals surface area contributed by atoms with E-state index in [0.29, 0.717) is 6.07 Å². The van der Waals surface area contributed by atoms with Gasteiger partial charge in [-0.15, -0.1) is 0 Å². The zero-order valence-electron chi connectivity index (χ0n) is 13.4. The summed E-state index contributed by atoms with van der Waals surface area (Å²) in [6.07, 6.45) is 0. The molecule has 0 aliphatic heterocycles. The minimum Gasteiger partial charge on any atom is -0.289 e. The van der Waals surface area contributed by atoms with E-state index >= 15 is 0 Å². The van der Waals surface area contributed by atoms with Crippen molar-refractivity contribution < 1.29 is 31.3 Å². The van der Waals surface area contributed by atoms with E-state index in [0.717, 1.165) is 18.2 Å². The Hall–Kier alpha value is -2.71. The van der Waals surface area contributed by atoms with Crippen LogP contribution in [0.15, 0.2) is 34.1 Å². The minimum absolute atomic E-state index is 0.487. The van der Waals surface area contributed by atoms with Crippen LogP contribution in [0.25, 0.3) is 0 Å². The Labute approximate surface area is 162 Å². The molecule has 0 heterocycles. The van der Waals surface area contributed by atoms with Gasteiger partial charge >= 0.3 is 0 Å². The van der Waals surface area contributed by atoms with Crippen molar-refractivity contribution in [3.05, 3.63) is 61.7 Å². The second-order valence-electron chi connectivity index (χ2n) is 5.64. The maximum atomic E-state index is 13.0. The van der Waals surface area contributed by atoms with Crippen LogP contribution in [0, 0.1) is 10.1 Å². The molecule has 1 aliphatic carbocycles. The number of nitro groups is 1. The zero-order valence-corrected chi connectivity index (χ0v) is 15.8. The van der Waals surface area contributed by atoms with Gasteiger partial charge in [0.2, 0.25) is 25.8 Å². The fourth-order valence-corrected chi connectivity index (χ4v) is 5.10. The molecule has 0 aromatic heterocycles. The number of rotatable bonds is 3. The number of nitro benzene ring substituents is 1. The van der Waals surface area contributed by atoms with Crippen LogP contribution >= 0.6 is 11.6 Å². The first-order valence-electron chi connectivity index (χ1n) is 7.05. The molecule has 0 saturated heterocycles. The van der Waals surface area contributed by atoms with Crippen LogP contribution in [0.5, 0.6) is 0 Å². The van der Waals surface area contributed by atoms with E-state index in [-0.39, 0.29) is 0 Å². The van der Waals surface area contributed by atoms with Crippen molar-refractivity contribution >= 4 is 48.9 Å². The van der Waals surface area contributed by atoms with Crippen molar-refractivity contribution in [3.8, 4) is 0 Å². The van der Waals surface area contributed by atoms with Gasteiger partial charge in [0.25, 0.3) is 5.69 Å². The van der Waals surface area contributed by atoms with Gasteiger partial charge in [0.05, 0.1) is 26.0 Å². The maximum absolute atomic E-state index is 13.0. The Kier molecular flexibility index (Phi) is 4.40. The summed E-state index contributed by atoms with van der Waals surface area (Å²) < 4.78 is 47.8. The van der Waals surface area contributed by atoms with E-state index in [9.17, 15) is 36.5 Å². The molecule has 2 aromatic carbocycles. The predicted molar refractivity (Wildman–Crippen MR) is 94.2 cm³/mol. The van der Waals surface area contributed by atoms with Gasteiger partial charge in [-0.2, -0.15) is 0 Å². The van der Waals surface area contributed by atoms with Crippen molar-refractivity contribution in [2.45, 2.75) is 9.79 Å². The fourth-order valence-electron chi connectivity index (χ4n) is 2.93. The lowest BCUT2D eigenvalue weighted by molar-refractivity contribution is -0.385. The highest BCUT2D eigenvalue weighted by Gasteiger charge is 2.42. The van der Waals surface area contributed by atoms with E-state index in [2.05, 4.69) is 0 Å². The quantitative estimate of drug-likeness (QED) is 0.424. The molecule has 4 N–H and O–H groups in total. The smallest absolute Gasteiger partial charge is 0.281 e. The third kappa shape index (κ3) is 2.89. The summed E-state index contributed by atoms with van der Waals surface area (Å²) in [5.41, 5.74) is -3.82. The standard InChI is InChI=1S/C14H8ClN3O8S2/c15-6-4-8(27(16,23)24)10-11(14(6)28(17,25)26)13(20)9-5(12(10)19)2-1-3-7(9)18(21)22/h1-4H,(H2,16,23,24)(H2,17,25,26). The molecule has 0 radical (unpaired) electrons. The van der Waals surface area contributed by atoms with Gasteiger partial charge in [0.15, 0.2) is 5.78 Å². The van der Waals surface area contributed by atoms with Crippen LogP contribution in [0.2, 0.25) is 5.02 Å². The number of carbonyl (C=O) groups excluding carboxylic acids is 2. The van der Waals surface area contributed by atoms with Gasteiger partial charge in [-0.3, -0.25) is 19.7 Å². The molecule has 146 valence electrons. The minimum atomic E-state index is -4.74. The van der Waals surface area contributed by atoms with Crippen LogP contribution in [0.3, 0.4) is 0 Å². The first kappa shape index (κ1) is 20.0. The summed E-state index contributed by atoms with van der Waals surface area (Å²) in [7, 11) is -9.38. The molecule has 0 atom stereocenters. The number of nitrogens with two attached hydrogens (primary N) is 2. The summed E-state index contributed by atoms with van der Waals surface area (Å²) in [6, 6.07) is 3.68. The van der Waals surface area contributed by atoms with E-state index in [1.54, 1.807) is 0 Å². The van der Waals surface area contributed by atoms with E-state index in [4.69, 9.17) is 21.9 Å². The van der Waals surface area contributed by atoms with Crippen molar-refractivity contribution in [2.24, 2.45) is 10.3 Å². The molecule has 28 heavy (non-hydrogen) atoms. The third-order valence-electron chi connectivity index (χ3n) is 3.95. The number of halogens is 1. The van der Waals surface area contributed by atoms with Gasteiger partial charge in [0, 0.05) is 11.6 Å². The lowest BCUT2D eigenvalue weighted by atomic mass is 9.83. The highest BCUT2D eigenvalue weighted by atomic mass is 35.5. The van der Waals surface area contributed by atoms with E-state index in [1.165, 1.54) is 0 Å². The molecular weight excluding hydrogens is 438 g/mol. The first-order valence-corrected chi connectivity index (χ1v) is 10.5. The van der Waals surface area contributed by atoms with Gasteiger partial charge in [-0.05, 0) is 12.1 Å². The number of fused-ring (bicyclic) bond motifs is 2. The molecule has 0 fully saturated rings. The maximum Gasteiger partial charge on any atom is 0.281 e. The predicted octanol–water partition coefficient (Wildman–Crippen LogP) is 0.318. The van der Waals surface area contributed by atoms with Crippen LogP contribution in [-0.4, -0.2) is 33.3 Å². The summed E-state index contributed by atoms with van der Waals surface area (Å²) in [6.45, 7) is 0. The molecule has 11 nitrogen and oxygen atoms in total. The van der Waals surface area contributed by atoms with Gasteiger partial charge in [0.1, 0.15) is 10.5 Å². The number of ketones is 2. The second kappa shape index (κ2) is 6.15. The molecule has 1 aliphatic rings. The molecule has 2 aromatic rings. The molecule has 0 saturated carbocycles. The third-order valence-corrected chi connectivity index (χ3v) is 6.29. The van der Waals surface area contributed by atoms with Gasteiger partial charge in [-0.1, -0.05) is 17.7 Å². The lowest BCUT2D eigenvalue weighted by Gasteiger charge is -2.22. The first-order chi connectivity index (χ1) is 12.8. The number of nitrogens with zero attached hydrogens (tertiary/aromatic N) is 1. The van der Waals surface area contributed by atoms with Crippen molar-refractivity contribution in [1.29, 1.82) is 0 Å². The van der Waals surface area contributed by atoms with Crippen molar-refractivity contribution in [1.82, 2.24) is 0 Å². The van der Waals surface area contributed by atoms with Crippen molar-refractivity contribution in [2.75, 3.05) is 0 Å². The molecule has 0 unspecified atom stereocenters. The number of carbonyl (C=O) groups is 2. The Bertz CT molecular complexity index is 1330. The lowest BCUT2D eigenvalue weighted by Crippen LogP contribution is -2.30. The Morgan fingerprint density at radius 3 is 2.04 bits per heavy atom. The summed E-state index contributed by atoms with van der Waals surface area (Å²) in [4.78, 5) is 34.3. The van der Waals surface area contributed by atoms with E-state index in [1.807, 2.05) is 0 Å². The van der Waals surface area contributed by atoms with Crippen LogP contribution in [0.1, 0.15) is 31.8 Å².